The minimum Gasteiger partial charge on any atom is -0.0990 e. The smallest absolute Gasteiger partial charge is 0.00617 e. The molecule has 0 heteroatoms. The molecule has 0 radical (unpaired) electrons. The summed E-state index contributed by atoms with van der Waals surface area (Å²) in [4.78, 5) is 0. The first-order valence-corrected chi connectivity index (χ1v) is 11.6. The Bertz CT molecular complexity index is 630. The van der Waals surface area contributed by atoms with Gasteiger partial charge in [-0.25, -0.2) is 0 Å². The molecule has 1 rings (SSSR count). The normalized spacial score (nSPS) is 10.6. The summed E-state index contributed by atoms with van der Waals surface area (Å²) in [5.41, 5.74) is 8.65. The summed E-state index contributed by atoms with van der Waals surface area (Å²) in [5.74, 6) is 0. The van der Waals surface area contributed by atoms with Crippen LogP contribution < -0.4 is 0 Å². The summed E-state index contributed by atoms with van der Waals surface area (Å²) in [6, 6.07) is 6.76. The second kappa shape index (κ2) is 16.3. The second-order valence-corrected chi connectivity index (χ2v) is 8.45. The number of allylic oxidation sites excluding steroid dienone is 5. The van der Waals surface area contributed by atoms with Crippen molar-refractivity contribution in [2.75, 3.05) is 0 Å². The molecule has 0 atom stereocenters. The molecule has 1 aromatic rings. The van der Waals surface area contributed by atoms with E-state index < -0.39 is 0 Å². The maximum Gasteiger partial charge on any atom is -0.00617 e. The van der Waals surface area contributed by atoms with Gasteiger partial charge in [-0.1, -0.05) is 107 Å². The Morgan fingerprint density at radius 2 is 1.52 bits per heavy atom. The number of benzene rings is 1. The monoisotopic (exact) mass is 398 g/mol. The molecule has 0 N–H and O–H groups in total. The zero-order valence-corrected chi connectivity index (χ0v) is 21.6. The molecule has 29 heavy (non-hydrogen) atoms. The van der Waals surface area contributed by atoms with E-state index in [2.05, 4.69) is 92.3 Å². The summed E-state index contributed by atoms with van der Waals surface area (Å²) >= 11 is 0. The van der Waals surface area contributed by atoms with E-state index in [0.29, 0.717) is 5.41 Å². The van der Waals surface area contributed by atoms with E-state index in [-0.39, 0.29) is 0 Å². The van der Waals surface area contributed by atoms with E-state index >= 15 is 0 Å². The molecule has 0 amide bonds. The van der Waals surface area contributed by atoms with Crippen molar-refractivity contribution in [2.45, 2.75) is 108 Å². The van der Waals surface area contributed by atoms with Crippen molar-refractivity contribution >= 4 is 0 Å². The van der Waals surface area contributed by atoms with Gasteiger partial charge in [-0.2, -0.15) is 0 Å². The van der Waals surface area contributed by atoms with Crippen LogP contribution in [-0.2, 0) is 6.42 Å². The number of hydrogen-bond donors (Lipinski definition) is 0. The van der Waals surface area contributed by atoms with Gasteiger partial charge in [-0.15, -0.1) is 0 Å². The number of hydrogen-bond acceptors (Lipinski definition) is 0. The highest BCUT2D eigenvalue weighted by Crippen LogP contribution is 2.38. The highest BCUT2D eigenvalue weighted by atomic mass is 14.3. The molecule has 0 bridgehead atoms. The van der Waals surface area contributed by atoms with E-state index in [1.54, 1.807) is 0 Å². The van der Waals surface area contributed by atoms with Gasteiger partial charge in [0.1, 0.15) is 0 Å². The summed E-state index contributed by atoms with van der Waals surface area (Å²) in [6.07, 6.45) is 10.2. The maximum absolute atomic E-state index is 4.42. The summed E-state index contributed by atoms with van der Waals surface area (Å²) in [5, 5.41) is 0. The summed E-state index contributed by atoms with van der Waals surface area (Å²) in [7, 11) is 0. The van der Waals surface area contributed by atoms with Gasteiger partial charge in [-0.05, 0) is 77.3 Å². The van der Waals surface area contributed by atoms with Crippen molar-refractivity contribution in [1.29, 1.82) is 0 Å². The van der Waals surface area contributed by atoms with Gasteiger partial charge >= 0.3 is 0 Å². The van der Waals surface area contributed by atoms with Crippen LogP contribution in [-0.4, -0.2) is 0 Å². The van der Waals surface area contributed by atoms with Crippen LogP contribution in [0.15, 0.2) is 53.6 Å². The van der Waals surface area contributed by atoms with E-state index in [1.165, 1.54) is 59.1 Å². The lowest BCUT2D eigenvalue weighted by molar-refractivity contribution is 0.323. The van der Waals surface area contributed by atoms with Crippen molar-refractivity contribution in [3.63, 3.8) is 0 Å². The maximum atomic E-state index is 4.42. The van der Waals surface area contributed by atoms with Crippen LogP contribution in [0.2, 0.25) is 0 Å². The minimum absolute atomic E-state index is 0.306. The van der Waals surface area contributed by atoms with Crippen molar-refractivity contribution in [2.24, 2.45) is 5.41 Å². The first-order valence-electron chi connectivity index (χ1n) is 11.6. The predicted octanol–water partition coefficient (Wildman–Crippen LogP) is 9.95. The van der Waals surface area contributed by atoms with Crippen molar-refractivity contribution < 1.29 is 0 Å². The van der Waals surface area contributed by atoms with Gasteiger partial charge < -0.3 is 0 Å². The van der Waals surface area contributed by atoms with E-state index in [0.717, 1.165) is 6.42 Å². The molecule has 0 aliphatic rings. The first-order chi connectivity index (χ1) is 13.6. The Kier molecular flexibility index (Phi) is 16.6. The lowest BCUT2D eigenvalue weighted by atomic mass is 9.73. The van der Waals surface area contributed by atoms with Crippen LogP contribution in [0.5, 0.6) is 0 Å². The third-order valence-electron chi connectivity index (χ3n) is 5.56. The Morgan fingerprint density at radius 3 is 1.86 bits per heavy atom. The zero-order valence-electron chi connectivity index (χ0n) is 21.6. The topological polar surface area (TPSA) is 0 Å². The lowest BCUT2D eigenvalue weighted by Gasteiger charge is -2.32. The fraction of sp³-hybridized carbons (Fsp3) is 0.586. The van der Waals surface area contributed by atoms with Crippen LogP contribution in [0.4, 0.5) is 0 Å². The third kappa shape index (κ3) is 11.9. The van der Waals surface area contributed by atoms with E-state index in [9.17, 15) is 0 Å². The molecular weight excluding hydrogens is 348 g/mol. The Labute approximate surface area is 184 Å². The summed E-state index contributed by atoms with van der Waals surface area (Å²) < 4.78 is 0. The largest absolute Gasteiger partial charge is 0.0990 e. The molecule has 0 saturated carbocycles. The average molecular weight is 399 g/mol. The molecule has 166 valence electrons. The lowest BCUT2D eigenvalue weighted by Crippen LogP contribution is -2.20. The standard InChI is InChI=1S/C19H30.C8H14.C2H6/c1-7-11-19(6,12-8-2)17(5)14-18-10-9-15(3)13-16(18)4;1-5-6-8(4)7(2)3;1-2/h9-10,13H,5,7-8,11-12,14H2,1-4,6H3;5-6H,1-4H3;1-2H3/b;6-5-;. The molecule has 0 spiro atoms. The molecule has 0 aliphatic heterocycles. The Morgan fingerprint density at radius 1 is 1.00 bits per heavy atom. The van der Waals surface area contributed by atoms with Crippen LogP contribution in [0.1, 0.15) is 105 Å². The van der Waals surface area contributed by atoms with Crippen LogP contribution >= 0.6 is 0 Å². The minimum atomic E-state index is 0.306. The molecule has 0 fully saturated rings. The molecule has 0 unspecified atom stereocenters. The van der Waals surface area contributed by atoms with Crippen LogP contribution in [0.25, 0.3) is 0 Å². The SMILES string of the molecule is C/C=C\C(C)=C(C)C.C=C(Cc1ccc(C)cc1C)C(C)(CCC)CCC.CC. The molecular formula is C29H50. The molecule has 0 saturated heterocycles. The third-order valence-corrected chi connectivity index (χ3v) is 5.56. The molecule has 0 aromatic heterocycles. The van der Waals surface area contributed by atoms with Crippen molar-refractivity contribution in [1.82, 2.24) is 0 Å². The zero-order chi connectivity index (χ0) is 23.0. The number of aryl methyl sites for hydroxylation is 2. The highest BCUT2D eigenvalue weighted by Gasteiger charge is 2.25. The molecule has 0 nitrogen and oxygen atoms in total. The van der Waals surface area contributed by atoms with E-state index in [4.69, 9.17) is 0 Å². The van der Waals surface area contributed by atoms with Gasteiger partial charge in [-0.3, -0.25) is 0 Å². The quantitative estimate of drug-likeness (QED) is 0.302. The second-order valence-electron chi connectivity index (χ2n) is 8.45. The van der Waals surface area contributed by atoms with Gasteiger partial charge in [0.05, 0.1) is 0 Å². The molecule has 1 aromatic carbocycles. The first kappa shape index (κ1) is 29.6. The molecule has 0 heterocycles. The average Bonchev–Trinajstić information content (AvgIpc) is 2.66. The predicted molar refractivity (Wildman–Crippen MR) is 137 cm³/mol. The Balaban J connectivity index is 0. The van der Waals surface area contributed by atoms with Gasteiger partial charge in [0, 0.05) is 0 Å². The van der Waals surface area contributed by atoms with Gasteiger partial charge in [0.2, 0.25) is 0 Å². The Hall–Kier alpha value is -1.56. The highest BCUT2D eigenvalue weighted by molar-refractivity contribution is 5.34. The fourth-order valence-electron chi connectivity index (χ4n) is 3.49. The van der Waals surface area contributed by atoms with Crippen molar-refractivity contribution in [3.8, 4) is 0 Å². The van der Waals surface area contributed by atoms with Gasteiger partial charge in [0.25, 0.3) is 0 Å². The van der Waals surface area contributed by atoms with Gasteiger partial charge in [0.15, 0.2) is 0 Å². The van der Waals surface area contributed by atoms with Crippen LogP contribution in [0, 0.1) is 19.3 Å². The van der Waals surface area contributed by atoms with E-state index in [1.807, 2.05) is 20.8 Å². The fourth-order valence-corrected chi connectivity index (χ4v) is 3.49. The number of rotatable bonds is 8. The summed E-state index contributed by atoms with van der Waals surface area (Å²) in [6.45, 7) is 28.1. The molecule has 0 aliphatic carbocycles. The van der Waals surface area contributed by atoms with Crippen molar-refractivity contribution in [3.05, 3.63) is 70.3 Å². The van der Waals surface area contributed by atoms with Crippen LogP contribution in [0.3, 0.4) is 0 Å².